The fraction of sp³-hybridized carbons (Fsp3) is 0.500. The Hall–Kier alpha value is -2.56. The number of hydrogen-bond acceptors (Lipinski definition) is 4. The zero-order valence-electron chi connectivity index (χ0n) is 21.7. The zero-order chi connectivity index (χ0) is 24.6. The van der Waals surface area contributed by atoms with Gasteiger partial charge in [-0.25, -0.2) is 0 Å². The first-order valence-electron chi connectivity index (χ1n) is 13.9. The molecule has 0 saturated carbocycles. The number of epoxide rings is 2. The monoisotopic (exact) mass is 488 g/mol. The van der Waals surface area contributed by atoms with Crippen LogP contribution in [0.25, 0.3) is 11.1 Å². The highest BCUT2D eigenvalue weighted by atomic mass is 16.6. The molecule has 2 aliphatic heterocycles. The van der Waals surface area contributed by atoms with Crippen LogP contribution in [0.1, 0.15) is 75.0 Å². The van der Waals surface area contributed by atoms with Crippen LogP contribution in [0.5, 0.6) is 11.5 Å². The van der Waals surface area contributed by atoms with E-state index in [-0.39, 0.29) is 12.2 Å². The molecule has 0 radical (unpaired) electrons. The van der Waals surface area contributed by atoms with Gasteiger partial charge in [0.25, 0.3) is 0 Å². The van der Waals surface area contributed by atoms with Crippen molar-refractivity contribution in [2.45, 2.75) is 76.9 Å². The average molecular weight is 489 g/mol. The molecule has 1 aliphatic carbocycles. The number of allylic oxidation sites excluding steroid dienone is 4. The van der Waals surface area contributed by atoms with E-state index in [4.69, 9.17) is 18.9 Å². The third kappa shape index (κ3) is 7.24. The van der Waals surface area contributed by atoms with E-state index in [0.29, 0.717) is 13.2 Å². The van der Waals surface area contributed by atoms with Crippen LogP contribution in [-0.2, 0) is 15.9 Å². The predicted octanol–water partition coefficient (Wildman–Crippen LogP) is 7.41. The van der Waals surface area contributed by atoms with Gasteiger partial charge < -0.3 is 18.9 Å². The normalized spacial score (nSPS) is 20.5. The van der Waals surface area contributed by atoms with Gasteiger partial charge in [-0.2, -0.15) is 0 Å². The van der Waals surface area contributed by atoms with E-state index in [1.807, 2.05) is 0 Å². The molecular formula is C32H40O4. The lowest BCUT2D eigenvalue weighted by atomic mass is 9.88. The van der Waals surface area contributed by atoms with E-state index < -0.39 is 0 Å². The Morgan fingerprint density at radius 3 is 2.11 bits per heavy atom. The second-order valence-electron chi connectivity index (χ2n) is 10.3. The maximum atomic E-state index is 6.40. The number of rotatable bonds is 15. The largest absolute Gasteiger partial charge is 0.491 e. The molecule has 5 rings (SSSR count). The van der Waals surface area contributed by atoms with Crippen molar-refractivity contribution in [2.24, 2.45) is 0 Å². The molecule has 2 unspecified atom stereocenters. The number of ether oxygens (including phenoxy) is 4. The number of unbranched alkanes of at least 4 members (excludes halogenated alkanes) is 5. The van der Waals surface area contributed by atoms with Gasteiger partial charge in [0.05, 0.1) is 13.2 Å². The molecule has 2 atom stereocenters. The highest BCUT2D eigenvalue weighted by Crippen LogP contribution is 2.38. The minimum absolute atomic E-state index is 0.260. The third-order valence-electron chi connectivity index (χ3n) is 7.27. The minimum Gasteiger partial charge on any atom is -0.491 e. The molecule has 0 spiro atoms. The fourth-order valence-corrected chi connectivity index (χ4v) is 4.86. The van der Waals surface area contributed by atoms with Crippen molar-refractivity contribution in [3.05, 3.63) is 71.3 Å². The van der Waals surface area contributed by atoms with Crippen molar-refractivity contribution in [1.29, 1.82) is 0 Å². The van der Waals surface area contributed by atoms with Crippen LogP contribution in [0.2, 0.25) is 0 Å². The third-order valence-corrected chi connectivity index (χ3v) is 7.27. The number of aryl methyl sites for hydroxylation is 1. The molecular weight excluding hydrogens is 448 g/mol. The summed E-state index contributed by atoms with van der Waals surface area (Å²) in [6, 6.07) is 15.1. The SMILES string of the molecule is CCCCCCCCc1cccc(C2=CC=C(c3ccc(OCC4CO4)cc3)CC2)c1OCC1CO1. The van der Waals surface area contributed by atoms with Gasteiger partial charge in [-0.3, -0.25) is 0 Å². The lowest BCUT2D eigenvalue weighted by Gasteiger charge is -2.20. The average Bonchev–Trinajstić information content (AvgIpc) is 3.85. The maximum Gasteiger partial charge on any atom is 0.130 e. The number of benzene rings is 2. The predicted molar refractivity (Wildman–Crippen MR) is 146 cm³/mol. The molecule has 0 bridgehead atoms. The molecule has 3 aliphatic rings. The molecule has 2 aromatic carbocycles. The van der Waals surface area contributed by atoms with Gasteiger partial charge in [0.2, 0.25) is 0 Å². The van der Waals surface area contributed by atoms with Gasteiger partial charge in [-0.05, 0) is 60.1 Å². The van der Waals surface area contributed by atoms with Gasteiger partial charge >= 0.3 is 0 Å². The summed E-state index contributed by atoms with van der Waals surface area (Å²) in [5, 5.41) is 0. The Morgan fingerprint density at radius 2 is 1.42 bits per heavy atom. The summed E-state index contributed by atoms with van der Waals surface area (Å²) in [6.45, 7) is 5.21. The Balaban J connectivity index is 1.26. The van der Waals surface area contributed by atoms with Gasteiger partial charge in [0, 0.05) is 5.56 Å². The van der Waals surface area contributed by atoms with E-state index in [1.54, 1.807) is 0 Å². The summed E-state index contributed by atoms with van der Waals surface area (Å²) >= 11 is 0. The highest BCUT2D eigenvalue weighted by Gasteiger charge is 2.25. The van der Waals surface area contributed by atoms with Crippen molar-refractivity contribution in [2.75, 3.05) is 26.4 Å². The summed E-state index contributed by atoms with van der Waals surface area (Å²) in [5.74, 6) is 1.98. The van der Waals surface area contributed by atoms with Crippen LogP contribution in [0.4, 0.5) is 0 Å². The highest BCUT2D eigenvalue weighted by molar-refractivity contribution is 5.80. The molecule has 36 heavy (non-hydrogen) atoms. The minimum atomic E-state index is 0.260. The van der Waals surface area contributed by atoms with Crippen molar-refractivity contribution < 1.29 is 18.9 Å². The molecule has 192 valence electrons. The van der Waals surface area contributed by atoms with Crippen LogP contribution in [0, 0.1) is 0 Å². The Morgan fingerprint density at radius 1 is 0.750 bits per heavy atom. The zero-order valence-corrected chi connectivity index (χ0v) is 21.7. The van der Waals surface area contributed by atoms with E-state index in [1.165, 1.54) is 66.4 Å². The maximum absolute atomic E-state index is 6.40. The van der Waals surface area contributed by atoms with E-state index in [0.717, 1.165) is 44.0 Å². The first-order valence-corrected chi connectivity index (χ1v) is 13.9. The molecule has 2 aromatic rings. The molecule has 0 N–H and O–H groups in total. The molecule has 4 heteroatoms. The van der Waals surface area contributed by atoms with Gasteiger partial charge in [0.15, 0.2) is 0 Å². The first kappa shape index (κ1) is 25.1. The summed E-state index contributed by atoms with van der Waals surface area (Å²) in [4.78, 5) is 0. The topological polar surface area (TPSA) is 43.5 Å². The molecule has 0 aromatic heterocycles. The van der Waals surface area contributed by atoms with Crippen molar-refractivity contribution in [1.82, 2.24) is 0 Å². The molecule has 2 fully saturated rings. The molecule has 0 amide bonds. The molecule has 2 heterocycles. The first-order chi connectivity index (χ1) is 17.8. The van der Waals surface area contributed by atoms with E-state index in [2.05, 4.69) is 61.5 Å². The standard InChI is InChI=1S/C32H40O4/c1-2-3-4-5-6-7-9-27-10-8-11-31(32(27)36-23-30-22-35-30)26-14-12-24(13-15-26)25-16-18-28(19-17-25)33-20-29-21-34-29/h8,10-12,14,16-19,29-30H,2-7,9,13,15,20-23H2,1H3. The summed E-state index contributed by atoms with van der Waals surface area (Å²) in [6.07, 6.45) is 16.1. The van der Waals surface area contributed by atoms with E-state index >= 15 is 0 Å². The van der Waals surface area contributed by atoms with Crippen LogP contribution in [0.3, 0.4) is 0 Å². The van der Waals surface area contributed by atoms with Crippen LogP contribution in [-0.4, -0.2) is 38.6 Å². The molecule has 2 saturated heterocycles. The second kappa shape index (κ2) is 12.6. The van der Waals surface area contributed by atoms with Crippen molar-refractivity contribution >= 4 is 11.1 Å². The van der Waals surface area contributed by atoms with Crippen LogP contribution < -0.4 is 9.47 Å². The van der Waals surface area contributed by atoms with E-state index in [9.17, 15) is 0 Å². The van der Waals surface area contributed by atoms with Gasteiger partial charge in [-0.1, -0.05) is 81.5 Å². The second-order valence-corrected chi connectivity index (χ2v) is 10.3. The summed E-state index contributed by atoms with van der Waals surface area (Å²) in [7, 11) is 0. The van der Waals surface area contributed by atoms with Gasteiger partial charge in [-0.15, -0.1) is 0 Å². The van der Waals surface area contributed by atoms with Crippen LogP contribution >= 0.6 is 0 Å². The number of hydrogen-bond donors (Lipinski definition) is 0. The quantitative estimate of drug-likeness (QED) is 0.193. The van der Waals surface area contributed by atoms with Crippen molar-refractivity contribution in [3.8, 4) is 11.5 Å². The Bertz CT molecular complexity index is 1040. The fourth-order valence-electron chi connectivity index (χ4n) is 4.86. The van der Waals surface area contributed by atoms with Crippen molar-refractivity contribution in [3.63, 3.8) is 0 Å². The summed E-state index contributed by atoms with van der Waals surface area (Å²) < 4.78 is 22.8. The van der Waals surface area contributed by atoms with Crippen LogP contribution in [0.15, 0.2) is 54.6 Å². The molecule has 4 nitrogen and oxygen atoms in total. The smallest absolute Gasteiger partial charge is 0.130 e. The van der Waals surface area contributed by atoms with Gasteiger partial charge in [0.1, 0.15) is 36.9 Å². The Kier molecular flexibility index (Phi) is 8.79. The summed E-state index contributed by atoms with van der Waals surface area (Å²) in [5.41, 5.74) is 6.58. The lowest BCUT2D eigenvalue weighted by molar-refractivity contribution is 0.260. The number of para-hydroxylation sites is 1. The lowest BCUT2D eigenvalue weighted by Crippen LogP contribution is -2.08. The Labute approximate surface area is 216 Å².